The molecule has 11 nitrogen and oxygen atoms in total. The largest absolute Gasteiger partial charge is 0.489 e. The fraction of sp³-hybridized carbons (Fsp3) is 0.304. The number of hydrogen-bond donors (Lipinski definition) is 0. The molecule has 0 amide bonds. The van der Waals surface area contributed by atoms with Crippen molar-refractivity contribution < 1.29 is 9.47 Å². The van der Waals surface area contributed by atoms with Gasteiger partial charge in [0.1, 0.15) is 24.6 Å². The molecule has 0 spiro atoms. The van der Waals surface area contributed by atoms with Crippen molar-refractivity contribution in [1.82, 2.24) is 29.6 Å². The Bertz CT molecular complexity index is 1420. The molecule has 4 aromatic rings. The van der Waals surface area contributed by atoms with Crippen LogP contribution in [-0.2, 0) is 27.2 Å². The van der Waals surface area contributed by atoms with E-state index in [1.54, 1.807) is 18.8 Å². The van der Waals surface area contributed by atoms with Crippen LogP contribution in [0.25, 0.3) is 16.9 Å². The van der Waals surface area contributed by atoms with Crippen LogP contribution in [0.1, 0.15) is 22.3 Å². The Kier molecular flexibility index (Phi) is 6.26. The van der Waals surface area contributed by atoms with Gasteiger partial charge in [-0.05, 0) is 59.7 Å². The zero-order valence-electron chi connectivity index (χ0n) is 19.6. The number of nitroso groups, excluding NO2 is 1. The van der Waals surface area contributed by atoms with Crippen LogP contribution >= 0.6 is 0 Å². The second-order valence-corrected chi connectivity index (χ2v) is 7.89. The van der Waals surface area contributed by atoms with Crippen LogP contribution in [0.4, 0.5) is 0 Å². The van der Waals surface area contributed by atoms with E-state index in [1.807, 2.05) is 50.2 Å². The zero-order valence-corrected chi connectivity index (χ0v) is 19.6. The first-order chi connectivity index (χ1) is 16.3. The van der Waals surface area contributed by atoms with Gasteiger partial charge in [-0.25, -0.2) is 9.48 Å². The monoisotopic (exact) mass is 463 g/mol. The minimum atomic E-state index is -0.334. The molecule has 0 aliphatic heterocycles. The van der Waals surface area contributed by atoms with Gasteiger partial charge >= 0.3 is 5.69 Å². The maximum atomic E-state index is 12.4. The van der Waals surface area contributed by atoms with E-state index in [4.69, 9.17) is 9.47 Å². The van der Waals surface area contributed by atoms with E-state index in [9.17, 15) is 9.70 Å². The molecule has 4 rings (SSSR count). The molecular weight excluding hydrogens is 438 g/mol. The molecule has 0 radical (unpaired) electrons. The van der Waals surface area contributed by atoms with E-state index >= 15 is 0 Å². The molecule has 0 aliphatic carbocycles. The summed E-state index contributed by atoms with van der Waals surface area (Å²) < 4.78 is 15.6. The first-order valence-corrected chi connectivity index (χ1v) is 10.6. The Hall–Kier alpha value is -4.28. The third-order valence-corrected chi connectivity index (χ3v) is 5.66. The fourth-order valence-corrected chi connectivity index (χ4v) is 3.89. The highest BCUT2D eigenvalue weighted by atomic mass is 16.5. The van der Waals surface area contributed by atoms with E-state index in [0.29, 0.717) is 28.6 Å². The SMILES string of the molecule is COc1c(CN=O)c(-c2ccc(OCc3c(C)cccc3-n3nnn(C)c3=O)c(C)c2)nn1C. The number of ether oxygens (including phenoxy) is 2. The number of nitrogens with zero attached hydrogens (tertiary/aromatic N) is 7. The fourth-order valence-electron chi connectivity index (χ4n) is 3.89. The third kappa shape index (κ3) is 4.07. The standard InChI is InChI=1S/C23H25N7O4/c1-14-7-6-8-19(30-23(31)29(4)26-27-30)18(14)13-34-20-10-9-16(11-15(20)2)21-17(12-24-32)22(33-5)28(3)25-21/h6-11H,12-13H2,1-5H3. The number of benzene rings is 2. The summed E-state index contributed by atoms with van der Waals surface area (Å²) in [5.41, 5.74) is 5.07. The molecule has 0 bridgehead atoms. The highest BCUT2D eigenvalue weighted by Gasteiger charge is 2.20. The molecule has 0 aliphatic rings. The van der Waals surface area contributed by atoms with Gasteiger partial charge < -0.3 is 9.47 Å². The number of tetrazole rings is 1. The molecule has 2 heterocycles. The summed E-state index contributed by atoms with van der Waals surface area (Å²) in [5, 5.41) is 15.3. The molecule has 0 unspecified atom stereocenters. The van der Waals surface area contributed by atoms with Crippen LogP contribution in [-0.4, -0.2) is 36.7 Å². The normalized spacial score (nSPS) is 11.0. The van der Waals surface area contributed by atoms with Gasteiger partial charge in [-0.1, -0.05) is 17.3 Å². The number of rotatable bonds is 8. The lowest BCUT2D eigenvalue weighted by atomic mass is 10.0. The van der Waals surface area contributed by atoms with E-state index in [1.165, 1.54) is 16.5 Å². The van der Waals surface area contributed by atoms with Crippen LogP contribution in [0.5, 0.6) is 11.6 Å². The lowest BCUT2D eigenvalue weighted by Gasteiger charge is -2.15. The maximum absolute atomic E-state index is 12.4. The predicted octanol–water partition coefficient (Wildman–Crippen LogP) is 2.84. The summed E-state index contributed by atoms with van der Waals surface area (Å²) in [7, 11) is 4.84. The number of aromatic nitrogens is 6. The molecule has 0 fully saturated rings. The second-order valence-electron chi connectivity index (χ2n) is 7.89. The minimum absolute atomic E-state index is 0.0402. The van der Waals surface area contributed by atoms with Crippen LogP contribution in [0.15, 0.2) is 46.4 Å². The molecule has 11 heteroatoms. The molecule has 2 aromatic carbocycles. The number of methoxy groups -OCH3 is 1. The second kappa shape index (κ2) is 9.30. The van der Waals surface area contributed by atoms with E-state index in [2.05, 4.69) is 20.7 Å². The van der Waals surface area contributed by atoms with Gasteiger partial charge in [-0.15, -0.1) is 0 Å². The molecule has 34 heavy (non-hydrogen) atoms. The molecule has 0 N–H and O–H groups in total. The highest BCUT2D eigenvalue weighted by Crippen LogP contribution is 2.33. The Morgan fingerprint density at radius 1 is 1.00 bits per heavy atom. The van der Waals surface area contributed by atoms with Crippen molar-refractivity contribution in [2.75, 3.05) is 7.11 Å². The predicted molar refractivity (Wildman–Crippen MR) is 125 cm³/mol. The minimum Gasteiger partial charge on any atom is -0.489 e. The molecule has 176 valence electrons. The van der Waals surface area contributed by atoms with Crippen LogP contribution < -0.4 is 15.2 Å². The smallest absolute Gasteiger partial charge is 0.368 e. The van der Waals surface area contributed by atoms with Crippen molar-refractivity contribution in [2.45, 2.75) is 27.0 Å². The Labute approximate surface area is 195 Å². The Balaban J connectivity index is 1.63. The van der Waals surface area contributed by atoms with Crippen molar-refractivity contribution in [3.63, 3.8) is 0 Å². The first kappa shape index (κ1) is 22.9. The van der Waals surface area contributed by atoms with E-state index in [0.717, 1.165) is 22.3 Å². The van der Waals surface area contributed by atoms with Crippen molar-refractivity contribution >= 4 is 0 Å². The quantitative estimate of drug-likeness (QED) is 0.369. The van der Waals surface area contributed by atoms with Gasteiger partial charge in [0.05, 0.1) is 18.4 Å². The summed E-state index contributed by atoms with van der Waals surface area (Å²) in [5.74, 6) is 1.18. The molecule has 0 saturated heterocycles. The summed E-state index contributed by atoms with van der Waals surface area (Å²) in [4.78, 5) is 23.3. The van der Waals surface area contributed by atoms with Gasteiger partial charge in [0.25, 0.3) is 0 Å². The lowest BCUT2D eigenvalue weighted by Crippen LogP contribution is -2.23. The van der Waals surface area contributed by atoms with E-state index < -0.39 is 0 Å². The first-order valence-electron chi connectivity index (χ1n) is 10.6. The molecule has 2 aromatic heterocycles. The number of aryl methyl sites for hydroxylation is 4. The number of hydrogen-bond acceptors (Lipinski definition) is 8. The summed E-state index contributed by atoms with van der Waals surface area (Å²) in [6, 6.07) is 11.3. The van der Waals surface area contributed by atoms with Gasteiger partial charge in [0, 0.05) is 25.2 Å². The summed E-state index contributed by atoms with van der Waals surface area (Å²) in [6.07, 6.45) is 0. The van der Waals surface area contributed by atoms with Crippen LogP contribution in [0.3, 0.4) is 0 Å². The van der Waals surface area contributed by atoms with E-state index in [-0.39, 0.29) is 18.8 Å². The molecular formula is C23H25N7O4. The van der Waals surface area contributed by atoms with Crippen molar-refractivity contribution in [1.29, 1.82) is 0 Å². The van der Waals surface area contributed by atoms with Gasteiger partial charge in [-0.2, -0.15) is 19.4 Å². The van der Waals surface area contributed by atoms with Gasteiger partial charge in [-0.3, -0.25) is 0 Å². The summed E-state index contributed by atoms with van der Waals surface area (Å²) in [6.45, 7) is 4.09. The lowest BCUT2D eigenvalue weighted by molar-refractivity contribution is 0.302. The van der Waals surface area contributed by atoms with Crippen molar-refractivity contribution in [3.05, 3.63) is 74.0 Å². The summed E-state index contributed by atoms with van der Waals surface area (Å²) >= 11 is 0. The Morgan fingerprint density at radius 2 is 1.79 bits per heavy atom. The van der Waals surface area contributed by atoms with Crippen molar-refractivity contribution in [2.24, 2.45) is 19.3 Å². The Morgan fingerprint density at radius 3 is 2.44 bits per heavy atom. The molecule has 0 saturated carbocycles. The maximum Gasteiger partial charge on any atom is 0.368 e. The zero-order chi connectivity index (χ0) is 24.4. The van der Waals surface area contributed by atoms with Crippen LogP contribution in [0, 0.1) is 18.8 Å². The average molecular weight is 463 g/mol. The highest BCUT2D eigenvalue weighted by molar-refractivity contribution is 5.67. The van der Waals surface area contributed by atoms with Gasteiger partial charge in [0.2, 0.25) is 5.88 Å². The van der Waals surface area contributed by atoms with Crippen molar-refractivity contribution in [3.8, 4) is 28.6 Å². The average Bonchev–Trinajstić information content (AvgIpc) is 3.32. The van der Waals surface area contributed by atoms with Gasteiger partial charge in [0.15, 0.2) is 0 Å². The third-order valence-electron chi connectivity index (χ3n) is 5.66. The molecule has 0 atom stereocenters. The van der Waals surface area contributed by atoms with Crippen LogP contribution in [0.2, 0.25) is 0 Å². The topological polar surface area (TPSA) is 118 Å².